The normalized spacial score (nSPS) is 15.9. The van der Waals surface area contributed by atoms with Crippen LogP contribution in [0.5, 0.6) is 0 Å². The van der Waals surface area contributed by atoms with E-state index in [0.29, 0.717) is 44.8 Å². The van der Waals surface area contributed by atoms with Gasteiger partial charge in [0.15, 0.2) is 0 Å². The maximum Gasteiger partial charge on any atom is 0.254 e. The number of rotatable bonds is 8. The first kappa shape index (κ1) is 23.9. The first-order chi connectivity index (χ1) is 14.2. The molecule has 6 heteroatoms. The first-order valence-corrected chi connectivity index (χ1v) is 11.1. The summed E-state index contributed by atoms with van der Waals surface area (Å²) in [6.45, 7) is 11.8. The average Bonchev–Trinajstić information content (AvgIpc) is 2.69. The molecule has 3 amide bonds. The minimum atomic E-state index is -0.550. The molecule has 0 spiro atoms. The Balaban J connectivity index is 2.03. The van der Waals surface area contributed by atoms with E-state index in [9.17, 15) is 14.4 Å². The zero-order chi connectivity index (χ0) is 22.3. The summed E-state index contributed by atoms with van der Waals surface area (Å²) >= 11 is 0. The van der Waals surface area contributed by atoms with Gasteiger partial charge in [0, 0.05) is 31.6 Å². The molecule has 0 saturated carbocycles. The SMILES string of the molecule is Cc1ccccc1C(=O)N1CCC([C@@H](NC(=O)CC(C)C)C(=O)NCC(C)C)CC1. The largest absolute Gasteiger partial charge is 0.354 e. The Morgan fingerprint density at radius 1 is 1.03 bits per heavy atom. The van der Waals surface area contributed by atoms with E-state index < -0.39 is 6.04 Å². The summed E-state index contributed by atoms with van der Waals surface area (Å²) in [5.74, 6) is 0.426. The van der Waals surface area contributed by atoms with Crippen LogP contribution in [0.1, 0.15) is 62.9 Å². The van der Waals surface area contributed by atoms with Crippen molar-refractivity contribution < 1.29 is 14.4 Å². The number of carbonyl (C=O) groups is 3. The van der Waals surface area contributed by atoms with Gasteiger partial charge >= 0.3 is 0 Å². The molecule has 0 bridgehead atoms. The topological polar surface area (TPSA) is 78.5 Å². The van der Waals surface area contributed by atoms with E-state index in [1.165, 1.54) is 0 Å². The Kier molecular flexibility index (Phi) is 8.88. The lowest BCUT2D eigenvalue weighted by Crippen LogP contribution is -2.54. The molecular weight excluding hydrogens is 378 g/mol. The van der Waals surface area contributed by atoms with Gasteiger partial charge in [-0.15, -0.1) is 0 Å². The van der Waals surface area contributed by atoms with E-state index in [2.05, 4.69) is 10.6 Å². The fourth-order valence-electron chi connectivity index (χ4n) is 3.83. The predicted octanol–water partition coefficient (Wildman–Crippen LogP) is 3.15. The first-order valence-electron chi connectivity index (χ1n) is 11.1. The number of carbonyl (C=O) groups excluding carboxylic acids is 3. The molecule has 0 aliphatic carbocycles. The van der Waals surface area contributed by atoms with Crippen molar-refractivity contribution in [1.82, 2.24) is 15.5 Å². The molecule has 2 rings (SSSR count). The van der Waals surface area contributed by atoms with E-state index >= 15 is 0 Å². The van der Waals surface area contributed by atoms with E-state index in [-0.39, 0.29) is 29.6 Å². The van der Waals surface area contributed by atoms with Gasteiger partial charge in [-0.1, -0.05) is 45.9 Å². The van der Waals surface area contributed by atoms with Gasteiger partial charge in [-0.3, -0.25) is 14.4 Å². The molecule has 1 saturated heterocycles. The number of nitrogens with zero attached hydrogens (tertiary/aromatic N) is 1. The molecule has 1 atom stereocenters. The minimum absolute atomic E-state index is 0.0224. The minimum Gasteiger partial charge on any atom is -0.354 e. The Labute approximate surface area is 180 Å². The highest BCUT2D eigenvalue weighted by Gasteiger charge is 2.34. The summed E-state index contributed by atoms with van der Waals surface area (Å²) in [6, 6.07) is 7.06. The highest BCUT2D eigenvalue weighted by Crippen LogP contribution is 2.23. The van der Waals surface area contributed by atoms with Gasteiger partial charge in [0.2, 0.25) is 11.8 Å². The lowest BCUT2D eigenvalue weighted by molar-refractivity contribution is -0.131. The van der Waals surface area contributed by atoms with Crippen molar-refractivity contribution in [3.8, 4) is 0 Å². The standard InChI is InChI=1S/C24H37N3O3/c1-16(2)14-21(28)26-22(23(29)25-15-17(3)4)19-10-12-27(13-11-19)24(30)20-9-7-6-8-18(20)5/h6-9,16-17,19,22H,10-15H2,1-5H3,(H,25,29)(H,26,28)/t22-/m1/s1. The fourth-order valence-corrected chi connectivity index (χ4v) is 3.83. The molecule has 6 nitrogen and oxygen atoms in total. The second-order valence-corrected chi connectivity index (χ2v) is 9.23. The van der Waals surface area contributed by atoms with Crippen LogP contribution in [0.3, 0.4) is 0 Å². The summed E-state index contributed by atoms with van der Waals surface area (Å²) in [6.07, 6.45) is 1.79. The van der Waals surface area contributed by atoms with Crippen LogP contribution in [-0.2, 0) is 9.59 Å². The number of hydrogen-bond acceptors (Lipinski definition) is 3. The van der Waals surface area contributed by atoms with Crippen molar-refractivity contribution >= 4 is 17.7 Å². The van der Waals surface area contributed by atoms with Gasteiger partial charge in [0.25, 0.3) is 5.91 Å². The number of piperidine rings is 1. The molecular formula is C24H37N3O3. The van der Waals surface area contributed by atoms with Crippen LogP contribution in [0, 0.1) is 24.7 Å². The predicted molar refractivity (Wildman–Crippen MR) is 119 cm³/mol. The molecule has 0 unspecified atom stereocenters. The van der Waals surface area contributed by atoms with Crippen molar-refractivity contribution in [2.24, 2.45) is 17.8 Å². The summed E-state index contributed by atoms with van der Waals surface area (Å²) in [7, 11) is 0. The number of likely N-dealkylation sites (tertiary alicyclic amines) is 1. The quantitative estimate of drug-likeness (QED) is 0.685. The highest BCUT2D eigenvalue weighted by molar-refractivity contribution is 5.95. The van der Waals surface area contributed by atoms with Crippen LogP contribution in [0.25, 0.3) is 0 Å². The molecule has 1 aromatic rings. The van der Waals surface area contributed by atoms with E-state index in [1.807, 2.05) is 63.8 Å². The summed E-state index contributed by atoms with van der Waals surface area (Å²) in [4.78, 5) is 40.0. The second kappa shape index (κ2) is 11.1. The van der Waals surface area contributed by atoms with Crippen molar-refractivity contribution in [1.29, 1.82) is 0 Å². The van der Waals surface area contributed by atoms with Crippen LogP contribution >= 0.6 is 0 Å². The summed E-state index contributed by atoms with van der Waals surface area (Å²) in [5, 5.41) is 5.94. The summed E-state index contributed by atoms with van der Waals surface area (Å²) in [5.41, 5.74) is 1.70. The Morgan fingerprint density at radius 2 is 1.67 bits per heavy atom. The van der Waals surface area contributed by atoms with Crippen LogP contribution in [0.4, 0.5) is 0 Å². The van der Waals surface area contributed by atoms with Gasteiger partial charge < -0.3 is 15.5 Å². The third-order valence-electron chi connectivity index (χ3n) is 5.55. The van der Waals surface area contributed by atoms with Crippen molar-refractivity contribution in [3.63, 3.8) is 0 Å². The molecule has 1 aliphatic heterocycles. The van der Waals surface area contributed by atoms with Crippen molar-refractivity contribution in [2.45, 2.75) is 59.9 Å². The van der Waals surface area contributed by atoms with E-state index in [0.717, 1.165) is 11.1 Å². The van der Waals surface area contributed by atoms with Crippen LogP contribution in [0.2, 0.25) is 0 Å². The Bertz CT molecular complexity index is 737. The number of nitrogens with one attached hydrogen (secondary N) is 2. The van der Waals surface area contributed by atoms with Gasteiger partial charge in [0.05, 0.1) is 0 Å². The average molecular weight is 416 g/mol. The molecule has 0 radical (unpaired) electrons. The summed E-state index contributed by atoms with van der Waals surface area (Å²) < 4.78 is 0. The Morgan fingerprint density at radius 3 is 2.23 bits per heavy atom. The molecule has 1 heterocycles. The maximum atomic E-state index is 12.9. The third kappa shape index (κ3) is 6.85. The van der Waals surface area contributed by atoms with Crippen LogP contribution in [0.15, 0.2) is 24.3 Å². The molecule has 166 valence electrons. The van der Waals surface area contributed by atoms with E-state index in [4.69, 9.17) is 0 Å². The van der Waals surface area contributed by atoms with Gasteiger partial charge in [-0.05, 0) is 49.1 Å². The van der Waals surface area contributed by atoms with Crippen LogP contribution < -0.4 is 10.6 Å². The number of hydrogen-bond donors (Lipinski definition) is 2. The molecule has 30 heavy (non-hydrogen) atoms. The van der Waals surface area contributed by atoms with E-state index in [1.54, 1.807) is 0 Å². The Hall–Kier alpha value is -2.37. The molecule has 1 fully saturated rings. The molecule has 0 aromatic heterocycles. The molecule has 1 aliphatic rings. The number of amides is 3. The van der Waals surface area contributed by atoms with Crippen LogP contribution in [-0.4, -0.2) is 48.3 Å². The monoisotopic (exact) mass is 415 g/mol. The van der Waals surface area contributed by atoms with Gasteiger partial charge in [0.1, 0.15) is 6.04 Å². The van der Waals surface area contributed by atoms with Crippen molar-refractivity contribution in [3.05, 3.63) is 35.4 Å². The lowest BCUT2D eigenvalue weighted by Gasteiger charge is -2.36. The third-order valence-corrected chi connectivity index (χ3v) is 5.55. The number of aryl methyl sites for hydroxylation is 1. The number of benzene rings is 1. The molecule has 1 aromatic carbocycles. The second-order valence-electron chi connectivity index (χ2n) is 9.23. The molecule has 2 N–H and O–H groups in total. The lowest BCUT2D eigenvalue weighted by atomic mass is 9.88. The zero-order valence-corrected chi connectivity index (χ0v) is 19.0. The zero-order valence-electron chi connectivity index (χ0n) is 19.0. The van der Waals surface area contributed by atoms with Gasteiger partial charge in [-0.2, -0.15) is 0 Å². The van der Waals surface area contributed by atoms with Gasteiger partial charge in [-0.25, -0.2) is 0 Å². The highest BCUT2D eigenvalue weighted by atomic mass is 16.2. The van der Waals surface area contributed by atoms with Crippen molar-refractivity contribution in [2.75, 3.05) is 19.6 Å². The smallest absolute Gasteiger partial charge is 0.254 e. The maximum absolute atomic E-state index is 12.9. The fraction of sp³-hybridized carbons (Fsp3) is 0.625.